The van der Waals surface area contributed by atoms with Crippen molar-refractivity contribution in [2.24, 2.45) is 11.8 Å². The Morgan fingerprint density at radius 1 is 1.10 bits per heavy atom. The van der Waals surface area contributed by atoms with Crippen molar-refractivity contribution in [1.82, 2.24) is 14.7 Å². The molecule has 1 N–H and O–H groups in total. The Morgan fingerprint density at radius 2 is 1.79 bits per heavy atom. The van der Waals surface area contributed by atoms with Crippen molar-refractivity contribution < 1.29 is 24.2 Å². The molecule has 2 aliphatic rings. The van der Waals surface area contributed by atoms with Gasteiger partial charge in [-0.05, 0) is 73.9 Å². The number of ether oxygens (including phenoxy) is 1. The summed E-state index contributed by atoms with van der Waals surface area (Å²) in [7, 11) is 1.59. The number of likely N-dealkylation sites (N-methyl/N-ethyl adjacent to an activating group) is 1. The van der Waals surface area contributed by atoms with Crippen LogP contribution < -0.4 is 4.74 Å². The molecule has 1 atom stereocenters. The normalized spacial score (nSPS) is 20.5. The van der Waals surface area contributed by atoms with Gasteiger partial charge in [0.2, 0.25) is 5.91 Å². The lowest BCUT2D eigenvalue weighted by atomic mass is 9.81. The molecule has 4 rings (SSSR count). The van der Waals surface area contributed by atoms with E-state index < -0.39 is 5.97 Å². The van der Waals surface area contributed by atoms with Gasteiger partial charge in [0.25, 0.3) is 0 Å². The maximum absolute atomic E-state index is 12.0. The first-order chi connectivity index (χ1) is 18.6. The number of carboxylic acid groups (broad SMARTS) is 1. The predicted octanol–water partition coefficient (Wildman–Crippen LogP) is 5.72. The van der Waals surface area contributed by atoms with Crippen LogP contribution >= 0.6 is 23.2 Å². The van der Waals surface area contributed by atoms with E-state index in [4.69, 9.17) is 27.9 Å². The number of rotatable bonds is 11. The van der Waals surface area contributed by atoms with Crippen LogP contribution in [0.4, 0.5) is 4.79 Å². The van der Waals surface area contributed by atoms with Crippen molar-refractivity contribution in [3.8, 4) is 5.75 Å². The minimum Gasteiger partial charge on any atom is -0.490 e. The molecule has 3 amide bonds. The van der Waals surface area contributed by atoms with Crippen LogP contribution in [-0.4, -0.2) is 71.0 Å². The Hall–Kier alpha value is -2.81. The second-order valence-corrected chi connectivity index (χ2v) is 11.4. The third kappa shape index (κ3) is 7.44. The Labute approximate surface area is 239 Å². The molecule has 2 fully saturated rings. The van der Waals surface area contributed by atoms with Gasteiger partial charge in [-0.2, -0.15) is 0 Å². The number of halogens is 2. The molecule has 1 aliphatic heterocycles. The molecule has 8 nitrogen and oxygen atoms in total. The summed E-state index contributed by atoms with van der Waals surface area (Å²) in [5.74, 6) is -0.250. The van der Waals surface area contributed by atoms with Gasteiger partial charge in [0.1, 0.15) is 18.9 Å². The van der Waals surface area contributed by atoms with Crippen molar-refractivity contribution in [1.29, 1.82) is 0 Å². The largest absolute Gasteiger partial charge is 0.490 e. The lowest BCUT2D eigenvalue weighted by molar-refractivity contribution is -0.143. The second kappa shape index (κ2) is 13.0. The highest BCUT2D eigenvalue weighted by Gasteiger charge is 2.33. The first kappa shape index (κ1) is 29.2. The number of nitrogens with zero attached hydrogens (tertiary/aromatic N) is 3. The highest BCUT2D eigenvalue weighted by Crippen LogP contribution is 2.34. The molecule has 0 radical (unpaired) electrons. The molecule has 1 saturated carbocycles. The summed E-state index contributed by atoms with van der Waals surface area (Å²) in [5.41, 5.74) is 2.18. The average molecular weight is 577 g/mol. The van der Waals surface area contributed by atoms with Gasteiger partial charge in [-0.15, -0.1) is 0 Å². The van der Waals surface area contributed by atoms with Crippen molar-refractivity contribution in [3.63, 3.8) is 0 Å². The lowest BCUT2D eigenvalue weighted by Crippen LogP contribution is -2.35. The zero-order valence-corrected chi connectivity index (χ0v) is 23.8. The summed E-state index contributed by atoms with van der Waals surface area (Å²) in [6, 6.07) is 13.4. The fourth-order valence-electron chi connectivity index (χ4n) is 5.37. The number of hydrogen-bond acceptors (Lipinski definition) is 5. The van der Waals surface area contributed by atoms with E-state index in [2.05, 4.69) is 11.8 Å². The van der Waals surface area contributed by atoms with Gasteiger partial charge in [0.15, 0.2) is 0 Å². The van der Waals surface area contributed by atoms with E-state index in [1.54, 1.807) is 7.05 Å². The standard InChI is InChI=1S/C29H35Cl2N3O5/c1-19(22-8-10-24(30)11-9-22)33(16-20-3-6-23(7-4-20)28(36)37)17-21-5-12-26(25(31)15-21)39-14-13-34-27(35)18-32(2)29(34)38/h5,8-12,15,19-20,23H,3-4,6-7,13-14,16-18H2,1-2H3,(H,36,37)/t19-,20?,23?/m0/s1. The van der Waals surface area contributed by atoms with Crippen LogP contribution in [0.3, 0.4) is 0 Å². The third-order valence-electron chi connectivity index (χ3n) is 7.77. The van der Waals surface area contributed by atoms with E-state index in [9.17, 15) is 19.5 Å². The number of aliphatic carboxylic acids is 1. The van der Waals surface area contributed by atoms with Crippen LogP contribution in [0, 0.1) is 11.8 Å². The van der Waals surface area contributed by atoms with Gasteiger partial charge >= 0.3 is 12.0 Å². The maximum atomic E-state index is 12.0. The second-order valence-electron chi connectivity index (χ2n) is 10.5. The van der Waals surface area contributed by atoms with Gasteiger partial charge < -0.3 is 14.7 Å². The Bertz CT molecular complexity index is 1180. The van der Waals surface area contributed by atoms with Crippen molar-refractivity contribution in [2.75, 3.05) is 33.3 Å². The fraction of sp³-hybridized carbons (Fsp3) is 0.483. The van der Waals surface area contributed by atoms with Crippen LogP contribution in [0.5, 0.6) is 5.75 Å². The first-order valence-electron chi connectivity index (χ1n) is 13.3. The molecule has 10 heteroatoms. The number of carbonyl (C=O) groups excluding carboxylic acids is 2. The molecule has 0 bridgehead atoms. The number of carboxylic acids is 1. The van der Waals surface area contributed by atoms with Crippen LogP contribution in [-0.2, 0) is 16.1 Å². The quantitative estimate of drug-likeness (QED) is 0.344. The van der Waals surface area contributed by atoms with E-state index in [1.165, 1.54) is 9.80 Å². The van der Waals surface area contributed by atoms with Gasteiger partial charge in [-0.3, -0.25) is 19.4 Å². The van der Waals surface area contributed by atoms with Crippen molar-refractivity contribution >= 4 is 41.1 Å². The molecule has 1 heterocycles. The van der Waals surface area contributed by atoms with Crippen LogP contribution in [0.15, 0.2) is 42.5 Å². The molecule has 1 aliphatic carbocycles. The Kier molecular flexibility index (Phi) is 9.75. The van der Waals surface area contributed by atoms with Crippen molar-refractivity contribution in [2.45, 2.75) is 45.2 Å². The fourth-order valence-corrected chi connectivity index (χ4v) is 5.75. The first-order valence-corrected chi connectivity index (χ1v) is 14.1. The van der Waals surface area contributed by atoms with E-state index in [0.717, 1.165) is 30.5 Å². The summed E-state index contributed by atoms with van der Waals surface area (Å²) in [5, 5.41) is 10.5. The topological polar surface area (TPSA) is 90.4 Å². The number of carbonyl (C=O) groups is 3. The lowest BCUT2D eigenvalue weighted by Gasteiger charge is -2.35. The molecular weight excluding hydrogens is 541 g/mol. The summed E-state index contributed by atoms with van der Waals surface area (Å²) in [6.07, 6.45) is 3.22. The minimum absolute atomic E-state index is 0.0836. The monoisotopic (exact) mass is 575 g/mol. The Morgan fingerprint density at radius 3 is 2.38 bits per heavy atom. The zero-order chi connectivity index (χ0) is 28.1. The molecule has 0 aromatic heterocycles. The number of hydrogen-bond donors (Lipinski definition) is 1. The number of urea groups is 1. The summed E-state index contributed by atoms with van der Waals surface area (Å²) in [4.78, 5) is 40.4. The van der Waals surface area contributed by atoms with Gasteiger partial charge in [-0.25, -0.2) is 4.79 Å². The smallest absolute Gasteiger partial charge is 0.327 e. The van der Waals surface area contributed by atoms with E-state index in [0.29, 0.717) is 41.1 Å². The van der Waals surface area contributed by atoms with Gasteiger partial charge in [-0.1, -0.05) is 41.4 Å². The molecule has 2 aromatic rings. The molecule has 2 aromatic carbocycles. The predicted molar refractivity (Wildman–Crippen MR) is 150 cm³/mol. The highest BCUT2D eigenvalue weighted by molar-refractivity contribution is 6.32. The molecule has 0 spiro atoms. The average Bonchev–Trinajstić information content (AvgIpc) is 3.15. The van der Waals surface area contributed by atoms with Crippen LogP contribution in [0.2, 0.25) is 10.0 Å². The SMILES string of the molecule is C[C@@H](c1ccc(Cl)cc1)N(Cc1ccc(OCCN2C(=O)CN(C)C2=O)c(Cl)c1)CC1CCC(C(=O)O)CC1. The molecule has 0 unspecified atom stereocenters. The summed E-state index contributed by atoms with van der Waals surface area (Å²) in [6.45, 7) is 4.08. The number of imide groups is 1. The third-order valence-corrected chi connectivity index (χ3v) is 8.32. The molecule has 210 valence electrons. The number of amides is 3. The van der Waals surface area contributed by atoms with Crippen LogP contribution in [0.25, 0.3) is 0 Å². The highest BCUT2D eigenvalue weighted by atomic mass is 35.5. The maximum Gasteiger partial charge on any atom is 0.327 e. The molecule has 39 heavy (non-hydrogen) atoms. The van der Waals surface area contributed by atoms with E-state index >= 15 is 0 Å². The number of benzene rings is 2. The molecular formula is C29H35Cl2N3O5. The van der Waals surface area contributed by atoms with Gasteiger partial charge in [0.05, 0.1) is 17.5 Å². The van der Waals surface area contributed by atoms with Crippen LogP contribution in [0.1, 0.15) is 49.8 Å². The zero-order valence-electron chi connectivity index (χ0n) is 22.3. The molecule has 1 saturated heterocycles. The van der Waals surface area contributed by atoms with Gasteiger partial charge in [0, 0.05) is 31.2 Å². The summed E-state index contributed by atoms with van der Waals surface area (Å²) >= 11 is 12.7. The minimum atomic E-state index is -0.692. The Balaban J connectivity index is 1.41. The van der Waals surface area contributed by atoms with E-state index in [1.807, 2.05) is 42.5 Å². The van der Waals surface area contributed by atoms with E-state index in [-0.39, 0.29) is 43.6 Å². The van der Waals surface area contributed by atoms with Crippen molar-refractivity contribution in [3.05, 3.63) is 63.6 Å². The summed E-state index contributed by atoms with van der Waals surface area (Å²) < 4.78 is 5.80.